The molecule has 0 aromatic rings. The average molecular weight is 241 g/mol. The zero-order valence-electron chi connectivity index (χ0n) is 11.2. The number of rotatable bonds is 6. The lowest BCUT2D eigenvalue weighted by Gasteiger charge is -2.25. The Kier molecular flexibility index (Phi) is 6.56. The molecule has 0 saturated heterocycles. The molecular weight excluding hydrogens is 214 g/mol. The normalized spacial score (nSPS) is 19.6. The molecule has 2 N–H and O–H groups in total. The third-order valence-electron chi connectivity index (χ3n) is 3.63. The van der Waals surface area contributed by atoms with E-state index in [2.05, 4.69) is 6.92 Å². The molecule has 1 aliphatic rings. The Morgan fingerprint density at radius 1 is 1.12 bits per heavy atom. The van der Waals surface area contributed by atoms with Crippen LogP contribution in [-0.2, 0) is 9.53 Å². The maximum Gasteiger partial charge on any atom is 0.326 e. The molecule has 0 spiro atoms. The van der Waals surface area contributed by atoms with Gasteiger partial charge in [0.25, 0.3) is 0 Å². The van der Waals surface area contributed by atoms with Crippen LogP contribution in [0.5, 0.6) is 0 Å². The Morgan fingerprint density at radius 2 is 1.76 bits per heavy atom. The largest absolute Gasteiger partial charge is 0.464 e. The monoisotopic (exact) mass is 241 g/mol. The van der Waals surface area contributed by atoms with E-state index in [9.17, 15) is 4.79 Å². The lowest BCUT2D eigenvalue weighted by molar-refractivity contribution is -0.150. The van der Waals surface area contributed by atoms with Crippen LogP contribution in [0.25, 0.3) is 0 Å². The zero-order valence-corrected chi connectivity index (χ0v) is 11.2. The third-order valence-corrected chi connectivity index (χ3v) is 3.63. The van der Waals surface area contributed by atoms with Crippen LogP contribution in [0, 0.1) is 0 Å². The summed E-state index contributed by atoms with van der Waals surface area (Å²) in [6, 6.07) is 0. The molecule has 0 amide bonds. The van der Waals surface area contributed by atoms with Crippen molar-refractivity contribution in [3.05, 3.63) is 0 Å². The van der Waals surface area contributed by atoms with Gasteiger partial charge in [0.2, 0.25) is 0 Å². The molecule has 1 rings (SSSR count). The van der Waals surface area contributed by atoms with Crippen LogP contribution in [0.15, 0.2) is 0 Å². The Labute approximate surface area is 105 Å². The van der Waals surface area contributed by atoms with Gasteiger partial charge in [-0.25, -0.2) is 0 Å². The minimum atomic E-state index is -0.693. The standard InChI is InChI=1S/C14H27NO2/c1-2-3-4-9-12-17-13(16)14(15)10-7-5-6-8-11-14/h2-12,15H2,1H3. The highest BCUT2D eigenvalue weighted by Gasteiger charge is 2.35. The second-order valence-electron chi connectivity index (χ2n) is 5.27. The van der Waals surface area contributed by atoms with Crippen molar-refractivity contribution in [2.24, 2.45) is 5.73 Å². The molecule has 0 aliphatic heterocycles. The first kappa shape index (κ1) is 14.5. The third kappa shape index (κ3) is 5.07. The van der Waals surface area contributed by atoms with Crippen molar-refractivity contribution in [3.63, 3.8) is 0 Å². The van der Waals surface area contributed by atoms with Crippen molar-refractivity contribution in [2.75, 3.05) is 6.61 Å². The van der Waals surface area contributed by atoms with Crippen LogP contribution in [0.1, 0.15) is 71.1 Å². The van der Waals surface area contributed by atoms with E-state index in [0.29, 0.717) is 6.61 Å². The van der Waals surface area contributed by atoms with Crippen molar-refractivity contribution in [2.45, 2.75) is 76.7 Å². The number of hydrogen-bond acceptors (Lipinski definition) is 3. The zero-order chi connectivity index (χ0) is 12.6. The number of hydrogen-bond donors (Lipinski definition) is 1. The number of carbonyl (C=O) groups excluding carboxylic acids is 1. The summed E-state index contributed by atoms with van der Waals surface area (Å²) in [5, 5.41) is 0. The van der Waals surface area contributed by atoms with Gasteiger partial charge in [-0.3, -0.25) is 4.79 Å². The Bertz CT molecular complexity index is 220. The molecule has 3 nitrogen and oxygen atoms in total. The van der Waals surface area contributed by atoms with E-state index in [-0.39, 0.29) is 5.97 Å². The molecule has 0 atom stereocenters. The quantitative estimate of drug-likeness (QED) is 0.441. The molecular formula is C14H27NO2. The summed E-state index contributed by atoms with van der Waals surface area (Å²) in [6.45, 7) is 2.71. The molecule has 17 heavy (non-hydrogen) atoms. The molecule has 0 heterocycles. The van der Waals surface area contributed by atoms with Crippen LogP contribution in [-0.4, -0.2) is 18.1 Å². The number of unbranched alkanes of at least 4 members (excludes halogenated alkanes) is 3. The van der Waals surface area contributed by atoms with Crippen LogP contribution in [0.2, 0.25) is 0 Å². The van der Waals surface area contributed by atoms with E-state index in [1.807, 2.05) is 0 Å². The fourth-order valence-electron chi connectivity index (χ4n) is 2.40. The van der Waals surface area contributed by atoms with Crippen molar-refractivity contribution < 1.29 is 9.53 Å². The van der Waals surface area contributed by atoms with E-state index >= 15 is 0 Å². The van der Waals surface area contributed by atoms with Gasteiger partial charge in [0, 0.05) is 0 Å². The van der Waals surface area contributed by atoms with Gasteiger partial charge in [-0.15, -0.1) is 0 Å². The Balaban J connectivity index is 2.24. The highest BCUT2D eigenvalue weighted by Crippen LogP contribution is 2.26. The summed E-state index contributed by atoms with van der Waals surface area (Å²) in [5.74, 6) is -0.170. The molecule has 1 fully saturated rings. The van der Waals surface area contributed by atoms with Gasteiger partial charge in [0.15, 0.2) is 0 Å². The smallest absolute Gasteiger partial charge is 0.326 e. The summed E-state index contributed by atoms with van der Waals surface area (Å²) in [7, 11) is 0. The summed E-state index contributed by atoms with van der Waals surface area (Å²) in [6.07, 6.45) is 10.6. The topological polar surface area (TPSA) is 52.3 Å². The molecule has 0 aromatic carbocycles. The van der Waals surface area contributed by atoms with E-state index < -0.39 is 5.54 Å². The number of esters is 1. The van der Waals surface area contributed by atoms with Crippen LogP contribution in [0.4, 0.5) is 0 Å². The van der Waals surface area contributed by atoms with E-state index in [1.54, 1.807) is 0 Å². The first-order chi connectivity index (χ1) is 8.19. The Hall–Kier alpha value is -0.570. The first-order valence-corrected chi connectivity index (χ1v) is 7.15. The summed E-state index contributed by atoms with van der Waals surface area (Å²) >= 11 is 0. The van der Waals surface area contributed by atoms with Crippen molar-refractivity contribution in [3.8, 4) is 0 Å². The molecule has 0 unspecified atom stereocenters. The molecule has 3 heteroatoms. The van der Waals surface area contributed by atoms with Gasteiger partial charge in [-0.1, -0.05) is 51.9 Å². The summed E-state index contributed by atoms with van der Waals surface area (Å²) in [5.41, 5.74) is 5.48. The molecule has 0 radical (unpaired) electrons. The molecule has 100 valence electrons. The lowest BCUT2D eigenvalue weighted by Crippen LogP contribution is -2.48. The van der Waals surface area contributed by atoms with Crippen LogP contribution in [0.3, 0.4) is 0 Å². The predicted octanol–water partition coefficient (Wildman–Crippen LogP) is 3.16. The fraction of sp³-hybridized carbons (Fsp3) is 0.929. The second kappa shape index (κ2) is 7.70. The lowest BCUT2D eigenvalue weighted by atomic mass is 9.92. The SMILES string of the molecule is CCCCCCOC(=O)C1(N)CCCCCC1. The Morgan fingerprint density at radius 3 is 2.35 bits per heavy atom. The highest BCUT2D eigenvalue weighted by atomic mass is 16.5. The highest BCUT2D eigenvalue weighted by molar-refractivity contribution is 5.80. The van der Waals surface area contributed by atoms with Crippen molar-refractivity contribution >= 4 is 5.97 Å². The summed E-state index contributed by atoms with van der Waals surface area (Å²) in [4.78, 5) is 12.0. The maximum absolute atomic E-state index is 12.0. The van der Waals surface area contributed by atoms with Gasteiger partial charge >= 0.3 is 5.97 Å². The molecule has 0 aromatic heterocycles. The number of carbonyl (C=O) groups is 1. The second-order valence-corrected chi connectivity index (χ2v) is 5.27. The minimum Gasteiger partial charge on any atom is -0.464 e. The van der Waals surface area contributed by atoms with E-state index in [4.69, 9.17) is 10.5 Å². The number of nitrogens with two attached hydrogens (primary N) is 1. The fourth-order valence-corrected chi connectivity index (χ4v) is 2.40. The number of ether oxygens (including phenoxy) is 1. The maximum atomic E-state index is 12.0. The van der Waals surface area contributed by atoms with Gasteiger partial charge in [-0.2, -0.15) is 0 Å². The minimum absolute atomic E-state index is 0.170. The van der Waals surface area contributed by atoms with Crippen LogP contribution < -0.4 is 5.73 Å². The van der Waals surface area contributed by atoms with Crippen molar-refractivity contribution in [1.29, 1.82) is 0 Å². The van der Waals surface area contributed by atoms with E-state index in [0.717, 1.165) is 38.5 Å². The van der Waals surface area contributed by atoms with Gasteiger partial charge < -0.3 is 10.5 Å². The average Bonchev–Trinajstić information content (AvgIpc) is 2.54. The van der Waals surface area contributed by atoms with Crippen molar-refractivity contribution in [1.82, 2.24) is 0 Å². The first-order valence-electron chi connectivity index (χ1n) is 7.15. The molecule has 1 aliphatic carbocycles. The summed E-state index contributed by atoms with van der Waals surface area (Å²) < 4.78 is 5.32. The van der Waals surface area contributed by atoms with Gasteiger partial charge in [-0.05, 0) is 19.3 Å². The van der Waals surface area contributed by atoms with Gasteiger partial charge in [0.05, 0.1) is 6.61 Å². The molecule has 0 bridgehead atoms. The van der Waals surface area contributed by atoms with E-state index in [1.165, 1.54) is 25.7 Å². The predicted molar refractivity (Wildman–Crippen MR) is 69.7 cm³/mol. The van der Waals surface area contributed by atoms with Gasteiger partial charge in [0.1, 0.15) is 5.54 Å². The van der Waals surface area contributed by atoms with Crippen LogP contribution >= 0.6 is 0 Å². The molecule has 1 saturated carbocycles.